The van der Waals surface area contributed by atoms with Gasteiger partial charge in [0.1, 0.15) is 5.82 Å². The number of hydrogen-bond acceptors (Lipinski definition) is 2. The van der Waals surface area contributed by atoms with E-state index in [2.05, 4.69) is 21.2 Å². The number of piperidine rings is 1. The van der Waals surface area contributed by atoms with Crippen molar-refractivity contribution in [3.8, 4) is 0 Å². The van der Waals surface area contributed by atoms with Gasteiger partial charge in [-0.2, -0.15) is 0 Å². The van der Waals surface area contributed by atoms with Crippen molar-refractivity contribution in [1.29, 1.82) is 0 Å². The molecule has 1 aliphatic heterocycles. The highest BCUT2D eigenvalue weighted by Crippen LogP contribution is 2.21. The number of aliphatic hydroxyl groups is 1. The molecule has 0 bridgehead atoms. The first-order valence-corrected chi connectivity index (χ1v) is 6.79. The molecule has 1 saturated heterocycles. The fourth-order valence-corrected chi connectivity index (χ4v) is 2.71. The van der Waals surface area contributed by atoms with Gasteiger partial charge in [0.15, 0.2) is 0 Å². The van der Waals surface area contributed by atoms with E-state index >= 15 is 0 Å². The molecule has 2 nitrogen and oxygen atoms in total. The SMILES string of the molecule is OC(Cc1cc(Br)ccc1F)C1CCCNC1. The van der Waals surface area contributed by atoms with Crippen LogP contribution in [0.25, 0.3) is 0 Å². The summed E-state index contributed by atoms with van der Waals surface area (Å²) in [5.41, 5.74) is 0.581. The average molecular weight is 302 g/mol. The van der Waals surface area contributed by atoms with Crippen LogP contribution in [0.4, 0.5) is 4.39 Å². The van der Waals surface area contributed by atoms with Crippen LogP contribution in [-0.4, -0.2) is 24.3 Å². The largest absolute Gasteiger partial charge is 0.392 e. The van der Waals surface area contributed by atoms with Gasteiger partial charge in [0, 0.05) is 17.4 Å². The summed E-state index contributed by atoms with van der Waals surface area (Å²) in [4.78, 5) is 0. The number of hydrogen-bond donors (Lipinski definition) is 2. The van der Waals surface area contributed by atoms with Crippen molar-refractivity contribution in [3.05, 3.63) is 34.1 Å². The van der Waals surface area contributed by atoms with E-state index in [0.29, 0.717) is 12.0 Å². The summed E-state index contributed by atoms with van der Waals surface area (Å²) in [7, 11) is 0. The third-order valence-corrected chi connectivity index (χ3v) is 3.81. The summed E-state index contributed by atoms with van der Waals surface area (Å²) in [6.45, 7) is 1.85. The van der Waals surface area contributed by atoms with Gasteiger partial charge in [-0.3, -0.25) is 0 Å². The smallest absolute Gasteiger partial charge is 0.126 e. The summed E-state index contributed by atoms with van der Waals surface area (Å²) in [6, 6.07) is 4.85. The average Bonchev–Trinajstić information content (AvgIpc) is 2.35. The number of halogens is 2. The van der Waals surface area contributed by atoms with E-state index in [1.165, 1.54) is 6.07 Å². The Kier molecular flexibility index (Phi) is 4.54. The Hall–Kier alpha value is -0.450. The first-order chi connectivity index (χ1) is 8.16. The van der Waals surface area contributed by atoms with E-state index < -0.39 is 6.10 Å². The highest BCUT2D eigenvalue weighted by atomic mass is 79.9. The zero-order valence-electron chi connectivity index (χ0n) is 9.63. The lowest BCUT2D eigenvalue weighted by atomic mass is 9.90. The van der Waals surface area contributed by atoms with Crippen LogP contribution in [0.3, 0.4) is 0 Å². The number of benzene rings is 1. The second kappa shape index (κ2) is 5.94. The molecule has 2 rings (SSSR count). The third kappa shape index (κ3) is 3.50. The second-order valence-electron chi connectivity index (χ2n) is 4.61. The van der Waals surface area contributed by atoms with E-state index in [1.807, 2.05) is 0 Å². The molecule has 0 aliphatic carbocycles. The highest BCUT2D eigenvalue weighted by molar-refractivity contribution is 9.10. The zero-order chi connectivity index (χ0) is 12.3. The van der Waals surface area contributed by atoms with Crippen LogP contribution in [0.15, 0.2) is 22.7 Å². The van der Waals surface area contributed by atoms with Gasteiger partial charge in [-0.15, -0.1) is 0 Å². The van der Waals surface area contributed by atoms with E-state index in [1.54, 1.807) is 12.1 Å². The predicted octanol–water partition coefficient (Wildman–Crippen LogP) is 2.49. The Labute approximate surface area is 109 Å². The van der Waals surface area contributed by atoms with Crippen molar-refractivity contribution in [2.45, 2.75) is 25.4 Å². The molecule has 2 atom stereocenters. The minimum absolute atomic E-state index is 0.238. The zero-order valence-corrected chi connectivity index (χ0v) is 11.2. The molecule has 0 spiro atoms. The fourth-order valence-electron chi connectivity index (χ4n) is 2.30. The van der Waals surface area contributed by atoms with Crippen molar-refractivity contribution in [2.75, 3.05) is 13.1 Å². The Bertz CT molecular complexity index is 380. The van der Waals surface area contributed by atoms with E-state index in [-0.39, 0.29) is 11.7 Å². The van der Waals surface area contributed by atoms with E-state index in [4.69, 9.17) is 0 Å². The van der Waals surface area contributed by atoms with Crippen molar-refractivity contribution < 1.29 is 9.50 Å². The summed E-state index contributed by atoms with van der Waals surface area (Å²) in [6.07, 6.45) is 2.02. The number of rotatable bonds is 3. The molecule has 2 N–H and O–H groups in total. The Morgan fingerprint density at radius 3 is 3.06 bits per heavy atom. The van der Waals surface area contributed by atoms with Gasteiger partial charge in [0.05, 0.1) is 6.10 Å². The summed E-state index contributed by atoms with van der Waals surface area (Å²) < 4.78 is 14.4. The molecule has 1 fully saturated rings. The molecule has 1 aromatic carbocycles. The molecule has 2 unspecified atom stereocenters. The van der Waals surface area contributed by atoms with Crippen LogP contribution < -0.4 is 5.32 Å². The lowest BCUT2D eigenvalue weighted by molar-refractivity contribution is 0.0914. The minimum Gasteiger partial charge on any atom is -0.392 e. The van der Waals surface area contributed by atoms with Crippen molar-refractivity contribution in [3.63, 3.8) is 0 Å². The molecular weight excluding hydrogens is 285 g/mol. The van der Waals surface area contributed by atoms with Crippen LogP contribution >= 0.6 is 15.9 Å². The monoisotopic (exact) mass is 301 g/mol. The minimum atomic E-state index is -0.466. The third-order valence-electron chi connectivity index (χ3n) is 3.32. The van der Waals surface area contributed by atoms with Crippen LogP contribution in [0.5, 0.6) is 0 Å². The summed E-state index contributed by atoms with van der Waals surface area (Å²) >= 11 is 3.32. The number of nitrogens with one attached hydrogen (secondary N) is 1. The molecule has 0 radical (unpaired) electrons. The summed E-state index contributed by atoms with van der Waals surface area (Å²) in [5.74, 6) is -0.00171. The van der Waals surface area contributed by atoms with Gasteiger partial charge < -0.3 is 10.4 Å². The first-order valence-electron chi connectivity index (χ1n) is 5.99. The van der Waals surface area contributed by atoms with Crippen LogP contribution in [0.2, 0.25) is 0 Å². The molecule has 0 saturated carbocycles. The first kappa shape index (κ1) is 13.0. The molecule has 1 heterocycles. The maximum absolute atomic E-state index is 13.5. The van der Waals surface area contributed by atoms with Gasteiger partial charge in [-0.25, -0.2) is 4.39 Å². The van der Waals surface area contributed by atoms with Crippen molar-refractivity contribution in [1.82, 2.24) is 5.32 Å². The van der Waals surface area contributed by atoms with Gasteiger partial charge in [-0.05, 0) is 49.1 Å². The topological polar surface area (TPSA) is 32.3 Å². The lowest BCUT2D eigenvalue weighted by Crippen LogP contribution is -2.37. The second-order valence-corrected chi connectivity index (χ2v) is 5.53. The van der Waals surface area contributed by atoms with E-state index in [9.17, 15) is 9.50 Å². The molecule has 1 aromatic rings. The molecule has 0 amide bonds. The van der Waals surface area contributed by atoms with Crippen LogP contribution in [-0.2, 0) is 6.42 Å². The van der Waals surface area contributed by atoms with Gasteiger partial charge >= 0.3 is 0 Å². The maximum atomic E-state index is 13.5. The Morgan fingerprint density at radius 1 is 1.53 bits per heavy atom. The molecule has 0 aromatic heterocycles. The molecule has 4 heteroatoms. The number of aliphatic hydroxyl groups excluding tert-OH is 1. The highest BCUT2D eigenvalue weighted by Gasteiger charge is 2.22. The van der Waals surface area contributed by atoms with Crippen LogP contribution in [0, 0.1) is 11.7 Å². The normalized spacial score (nSPS) is 22.4. The standard InChI is InChI=1S/C13H17BrFNO/c14-11-3-4-12(15)10(6-11)7-13(17)9-2-1-5-16-8-9/h3-4,6,9,13,16-17H,1-2,5,7-8H2. The predicted molar refractivity (Wildman–Crippen MR) is 69.4 cm³/mol. The molecule has 94 valence electrons. The van der Waals surface area contributed by atoms with Crippen molar-refractivity contribution >= 4 is 15.9 Å². The molecule has 17 heavy (non-hydrogen) atoms. The summed E-state index contributed by atoms with van der Waals surface area (Å²) in [5, 5.41) is 13.4. The van der Waals surface area contributed by atoms with Crippen molar-refractivity contribution in [2.24, 2.45) is 5.92 Å². The molecular formula is C13H17BrFNO. The van der Waals surface area contributed by atoms with E-state index in [0.717, 1.165) is 30.4 Å². The maximum Gasteiger partial charge on any atom is 0.126 e. The quantitative estimate of drug-likeness (QED) is 0.899. The Balaban J connectivity index is 2.01. The van der Waals surface area contributed by atoms with Crippen LogP contribution in [0.1, 0.15) is 18.4 Å². The fraction of sp³-hybridized carbons (Fsp3) is 0.538. The lowest BCUT2D eigenvalue weighted by Gasteiger charge is -2.27. The van der Waals surface area contributed by atoms with Gasteiger partial charge in [0.2, 0.25) is 0 Å². The van der Waals surface area contributed by atoms with Gasteiger partial charge in [-0.1, -0.05) is 15.9 Å². The molecule has 1 aliphatic rings. The van der Waals surface area contributed by atoms with Gasteiger partial charge in [0.25, 0.3) is 0 Å². The Morgan fingerprint density at radius 2 is 2.35 bits per heavy atom.